The Bertz CT molecular complexity index is 646. The average molecular weight is 430 g/mol. The van der Waals surface area contributed by atoms with Crippen molar-refractivity contribution in [3.63, 3.8) is 0 Å². The molecule has 0 saturated heterocycles. The predicted octanol–water partition coefficient (Wildman–Crippen LogP) is 1.76. The number of carbonyl (C=O) groups is 2. The van der Waals surface area contributed by atoms with Crippen LogP contribution in [0.15, 0.2) is 41.8 Å². The van der Waals surface area contributed by atoms with Crippen LogP contribution in [-0.4, -0.2) is 29.6 Å². The molecular formula is C15H15IN2O3S. The van der Waals surface area contributed by atoms with E-state index in [0.717, 1.165) is 9.13 Å². The summed E-state index contributed by atoms with van der Waals surface area (Å²) in [5, 5.41) is 16.3. The third-order valence-electron chi connectivity index (χ3n) is 2.91. The molecule has 1 heterocycles. The molecule has 1 unspecified atom stereocenters. The fourth-order valence-corrected chi connectivity index (χ4v) is 3.02. The summed E-state index contributed by atoms with van der Waals surface area (Å²) in [4.78, 5) is 24.5. The maximum atomic E-state index is 12.1. The maximum Gasteiger partial charge on any atom is 0.262 e. The first-order chi connectivity index (χ1) is 10.6. The van der Waals surface area contributed by atoms with E-state index in [2.05, 4.69) is 33.2 Å². The highest BCUT2D eigenvalue weighted by molar-refractivity contribution is 14.1. The fraction of sp³-hybridized carbons (Fsp3) is 0.200. The second-order valence-corrected chi connectivity index (χ2v) is 6.73. The maximum absolute atomic E-state index is 12.1. The molecule has 22 heavy (non-hydrogen) atoms. The van der Waals surface area contributed by atoms with Gasteiger partial charge in [0, 0.05) is 10.1 Å². The lowest BCUT2D eigenvalue weighted by molar-refractivity contribution is -0.124. The second-order valence-electron chi connectivity index (χ2n) is 4.53. The standard InChI is InChI=1S/C15H15IN2O3S/c16-11-4-1-3-10(7-11)8-17-14(20)12(9-19)18-15(21)13-5-2-6-22-13/h1-7,12,19H,8-9H2,(H,17,20)(H,18,21). The van der Waals surface area contributed by atoms with Gasteiger partial charge in [-0.1, -0.05) is 18.2 Å². The molecule has 0 aliphatic carbocycles. The van der Waals surface area contributed by atoms with Crippen molar-refractivity contribution in [2.45, 2.75) is 12.6 Å². The van der Waals surface area contributed by atoms with E-state index < -0.39 is 18.6 Å². The highest BCUT2D eigenvalue weighted by Crippen LogP contribution is 2.09. The fourth-order valence-electron chi connectivity index (χ4n) is 1.79. The van der Waals surface area contributed by atoms with Gasteiger partial charge in [0.05, 0.1) is 11.5 Å². The zero-order valence-electron chi connectivity index (χ0n) is 11.6. The molecule has 0 fully saturated rings. The van der Waals surface area contributed by atoms with Crippen molar-refractivity contribution in [1.82, 2.24) is 10.6 Å². The molecule has 2 amide bonds. The van der Waals surface area contributed by atoms with Crippen LogP contribution < -0.4 is 10.6 Å². The molecule has 116 valence electrons. The van der Waals surface area contributed by atoms with Crippen LogP contribution >= 0.6 is 33.9 Å². The number of aliphatic hydroxyl groups is 1. The number of rotatable bonds is 6. The third kappa shape index (κ3) is 4.79. The molecule has 1 aromatic carbocycles. The van der Waals surface area contributed by atoms with Crippen molar-refractivity contribution in [3.05, 3.63) is 55.8 Å². The van der Waals surface area contributed by atoms with Crippen molar-refractivity contribution < 1.29 is 14.7 Å². The van der Waals surface area contributed by atoms with E-state index in [0.29, 0.717) is 11.4 Å². The van der Waals surface area contributed by atoms with Crippen LogP contribution in [0.3, 0.4) is 0 Å². The largest absolute Gasteiger partial charge is 0.394 e. The van der Waals surface area contributed by atoms with E-state index >= 15 is 0 Å². The lowest BCUT2D eigenvalue weighted by atomic mass is 10.2. The minimum absolute atomic E-state index is 0.348. The number of benzene rings is 1. The van der Waals surface area contributed by atoms with E-state index in [-0.39, 0.29) is 5.91 Å². The summed E-state index contributed by atoms with van der Waals surface area (Å²) in [5.74, 6) is -0.773. The zero-order chi connectivity index (χ0) is 15.9. The van der Waals surface area contributed by atoms with Crippen LogP contribution in [0.1, 0.15) is 15.2 Å². The molecule has 0 bridgehead atoms. The molecular weight excluding hydrogens is 415 g/mol. The van der Waals surface area contributed by atoms with Crippen LogP contribution in [0.25, 0.3) is 0 Å². The number of aliphatic hydroxyl groups excluding tert-OH is 1. The predicted molar refractivity (Wildman–Crippen MR) is 93.7 cm³/mol. The summed E-state index contributed by atoms with van der Waals surface area (Å²) in [7, 11) is 0. The number of hydrogen-bond donors (Lipinski definition) is 3. The molecule has 3 N–H and O–H groups in total. The number of hydrogen-bond acceptors (Lipinski definition) is 4. The van der Waals surface area contributed by atoms with Crippen LogP contribution in [0.2, 0.25) is 0 Å². The van der Waals surface area contributed by atoms with Crippen LogP contribution in [0.5, 0.6) is 0 Å². The first-order valence-electron chi connectivity index (χ1n) is 6.57. The molecule has 0 aliphatic rings. The summed E-state index contributed by atoms with van der Waals surface area (Å²) in [5.41, 5.74) is 0.960. The van der Waals surface area contributed by atoms with Crippen LogP contribution in [0.4, 0.5) is 0 Å². The molecule has 5 nitrogen and oxygen atoms in total. The molecule has 0 saturated carbocycles. The zero-order valence-corrected chi connectivity index (χ0v) is 14.6. The lowest BCUT2D eigenvalue weighted by Crippen LogP contribution is -2.48. The Morgan fingerprint density at radius 3 is 2.73 bits per heavy atom. The van der Waals surface area contributed by atoms with Gasteiger partial charge in [0.15, 0.2) is 0 Å². The van der Waals surface area contributed by atoms with Gasteiger partial charge in [-0.25, -0.2) is 0 Å². The van der Waals surface area contributed by atoms with Gasteiger partial charge in [-0.15, -0.1) is 11.3 Å². The summed E-state index contributed by atoms with van der Waals surface area (Å²) >= 11 is 3.48. The Morgan fingerprint density at radius 1 is 1.27 bits per heavy atom. The summed E-state index contributed by atoms with van der Waals surface area (Å²) in [6.07, 6.45) is 0. The molecule has 7 heteroatoms. The van der Waals surface area contributed by atoms with E-state index in [4.69, 9.17) is 0 Å². The van der Waals surface area contributed by atoms with Crippen LogP contribution in [-0.2, 0) is 11.3 Å². The highest BCUT2D eigenvalue weighted by Gasteiger charge is 2.20. The SMILES string of the molecule is O=C(NC(CO)C(=O)NCc1cccc(I)c1)c1cccs1. The Hall–Kier alpha value is -1.45. The Kier molecular flexibility index (Phi) is 6.34. The molecule has 1 aromatic heterocycles. The first kappa shape index (κ1) is 16.9. The summed E-state index contributed by atoms with van der Waals surface area (Å²) < 4.78 is 1.08. The van der Waals surface area contributed by atoms with Crippen molar-refractivity contribution in [3.8, 4) is 0 Å². The first-order valence-corrected chi connectivity index (χ1v) is 8.53. The van der Waals surface area contributed by atoms with Gasteiger partial charge in [-0.05, 0) is 51.7 Å². The Morgan fingerprint density at radius 2 is 2.09 bits per heavy atom. The number of thiophene rings is 1. The Labute approximate surface area is 145 Å². The Balaban J connectivity index is 1.90. The average Bonchev–Trinajstić information content (AvgIpc) is 3.04. The third-order valence-corrected chi connectivity index (χ3v) is 4.44. The van der Waals surface area contributed by atoms with Crippen molar-refractivity contribution in [2.75, 3.05) is 6.61 Å². The number of amides is 2. The molecule has 0 radical (unpaired) electrons. The number of halogens is 1. The van der Waals surface area contributed by atoms with E-state index in [1.54, 1.807) is 17.5 Å². The topological polar surface area (TPSA) is 78.4 Å². The van der Waals surface area contributed by atoms with Crippen LogP contribution in [0, 0.1) is 3.57 Å². The van der Waals surface area contributed by atoms with Gasteiger partial charge < -0.3 is 15.7 Å². The smallest absolute Gasteiger partial charge is 0.262 e. The van der Waals surface area contributed by atoms with Gasteiger partial charge in [0.25, 0.3) is 5.91 Å². The summed E-state index contributed by atoms with van der Waals surface area (Å²) in [6.45, 7) is -0.101. The monoisotopic (exact) mass is 430 g/mol. The second kappa shape index (κ2) is 8.25. The normalized spacial score (nSPS) is 11.7. The molecule has 2 rings (SSSR count). The quantitative estimate of drug-likeness (QED) is 0.612. The van der Waals surface area contributed by atoms with E-state index in [1.165, 1.54) is 11.3 Å². The minimum atomic E-state index is -0.961. The molecule has 2 aromatic rings. The van der Waals surface area contributed by atoms with Gasteiger partial charge in [-0.2, -0.15) is 0 Å². The molecule has 0 spiro atoms. The van der Waals surface area contributed by atoms with E-state index in [9.17, 15) is 14.7 Å². The highest BCUT2D eigenvalue weighted by atomic mass is 127. The molecule has 0 aliphatic heterocycles. The summed E-state index contributed by atoms with van der Waals surface area (Å²) in [6, 6.07) is 10.2. The minimum Gasteiger partial charge on any atom is -0.394 e. The lowest BCUT2D eigenvalue weighted by Gasteiger charge is -2.15. The van der Waals surface area contributed by atoms with Gasteiger partial charge in [-0.3, -0.25) is 9.59 Å². The van der Waals surface area contributed by atoms with Gasteiger partial charge in [0.1, 0.15) is 6.04 Å². The van der Waals surface area contributed by atoms with Crippen molar-refractivity contribution in [2.24, 2.45) is 0 Å². The van der Waals surface area contributed by atoms with Crippen molar-refractivity contribution >= 4 is 45.7 Å². The van der Waals surface area contributed by atoms with Gasteiger partial charge >= 0.3 is 0 Å². The van der Waals surface area contributed by atoms with Crippen molar-refractivity contribution in [1.29, 1.82) is 0 Å². The molecule has 1 atom stereocenters. The number of carbonyl (C=O) groups excluding carboxylic acids is 2. The van der Waals surface area contributed by atoms with Gasteiger partial charge in [0.2, 0.25) is 5.91 Å². The number of nitrogens with one attached hydrogen (secondary N) is 2. The van der Waals surface area contributed by atoms with E-state index in [1.807, 2.05) is 24.3 Å².